The van der Waals surface area contributed by atoms with Gasteiger partial charge in [0.25, 0.3) is 0 Å². The zero-order valence-corrected chi connectivity index (χ0v) is 23.7. The van der Waals surface area contributed by atoms with Gasteiger partial charge in [0.05, 0.1) is 0 Å². The van der Waals surface area contributed by atoms with E-state index in [0.717, 1.165) is 0 Å². The Morgan fingerprint density at radius 1 is 0.381 bits per heavy atom. The fraction of sp³-hybridized carbons (Fsp3) is 0.0244. The molecule has 1 heterocycles. The van der Waals surface area contributed by atoms with Crippen molar-refractivity contribution in [2.45, 2.75) is 15.7 Å². The summed E-state index contributed by atoms with van der Waals surface area (Å²) in [7, 11) is 0. The van der Waals surface area contributed by atoms with Gasteiger partial charge in [-0.25, -0.2) is 0 Å². The van der Waals surface area contributed by atoms with Gasteiger partial charge in [-0.3, -0.25) is 0 Å². The number of benzene rings is 8. The Labute approximate surface area is 249 Å². The lowest BCUT2D eigenvalue weighted by molar-refractivity contribution is 0.926. The maximum atomic E-state index is 2.37. The van der Waals surface area contributed by atoms with E-state index < -0.39 is 0 Å². The Kier molecular flexibility index (Phi) is 5.30. The van der Waals surface area contributed by atoms with Gasteiger partial charge < -0.3 is 0 Å². The van der Waals surface area contributed by atoms with Crippen molar-refractivity contribution in [2.24, 2.45) is 0 Å². The number of hydrogen-bond donors (Lipinski definition) is 0. The second-order valence-electron chi connectivity index (χ2n) is 11.2. The quantitative estimate of drug-likeness (QED) is 0.193. The van der Waals surface area contributed by atoms with Crippen LogP contribution in [0.25, 0.3) is 54.2 Å². The third-order valence-corrected chi connectivity index (χ3v) is 10.1. The van der Waals surface area contributed by atoms with Gasteiger partial charge in [0.2, 0.25) is 0 Å². The van der Waals surface area contributed by atoms with E-state index in [1.165, 1.54) is 80.7 Å². The molecule has 1 aliphatic rings. The Morgan fingerprint density at radius 2 is 0.881 bits per heavy atom. The smallest absolute Gasteiger partial charge is 0.0374 e. The summed E-state index contributed by atoms with van der Waals surface area (Å²) in [4.78, 5) is 2.71. The van der Waals surface area contributed by atoms with E-state index in [9.17, 15) is 0 Å². The zero-order valence-electron chi connectivity index (χ0n) is 22.9. The van der Waals surface area contributed by atoms with Crippen molar-refractivity contribution in [3.05, 3.63) is 168 Å². The SMILES string of the molecule is c1ccc2c3c(ccc2c1)Sc1ccc2ccccc2c1C3c1ccc(-c2cc3ccccc3c3ccccc23)cc1. The lowest BCUT2D eigenvalue weighted by Crippen LogP contribution is -2.11. The summed E-state index contributed by atoms with van der Waals surface area (Å²) >= 11 is 1.91. The van der Waals surface area contributed by atoms with Crippen LogP contribution in [0.1, 0.15) is 22.6 Å². The van der Waals surface area contributed by atoms with Crippen LogP contribution in [0.5, 0.6) is 0 Å². The minimum absolute atomic E-state index is 0.149. The van der Waals surface area contributed by atoms with Crippen LogP contribution in [0.4, 0.5) is 0 Å². The highest BCUT2D eigenvalue weighted by atomic mass is 32.2. The summed E-state index contributed by atoms with van der Waals surface area (Å²) in [5.74, 6) is 0.149. The topological polar surface area (TPSA) is 0 Å². The lowest BCUT2D eigenvalue weighted by atomic mass is 9.80. The number of rotatable bonds is 2. The summed E-state index contributed by atoms with van der Waals surface area (Å²) in [5, 5.41) is 10.5. The predicted octanol–water partition coefficient (Wildman–Crippen LogP) is 11.6. The fourth-order valence-corrected chi connectivity index (χ4v) is 8.25. The van der Waals surface area contributed by atoms with E-state index in [4.69, 9.17) is 0 Å². The molecule has 0 bridgehead atoms. The third kappa shape index (κ3) is 3.57. The summed E-state index contributed by atoms with van der Waals surface area (Å²) < 4.78 is 0. The van der Waals surface area contributed by atoms with Crippen molar-refractivity contribution < 1.29 is 0 Å². The third-order valence-electron chi connectivity index (χ3n) is 8.98. The largest absolute Gasteiger partial charge is 0.0894 e. The van der Waals surface area contributed by atoms with Gasteiger partial charge in [0.15, 0.2) is 0 Å². The van der Waals surface area contributed by atoms with Gasteiger partial charge in [-0.2, -0.15) is 0 Å². The van der Waals surface area contributed by atoms with E-state index in [2.05, 4.69) is 152 Å². The first-order valence-electron chi connectivity index (χ1n) is 14.6. The van der Waals surface area contributed by atoms with Crippen molar-refractivity contribution in [3.8, 4) is 11.1 Å². The molecule has 0 N–H and O–H groups in total. The molecular weight excluding hydrogens is 525 g/mol. The van der Waals surface area contributed by atoms with Gasteiger partial charge in [0.1, 0.15) is 0 Å². The summed E-state index contributed by atoms with van der Waals surface area (Å²) in [5.41, 5.74) is 6.71. The average Bonchev–Trinajstić information content (AvgIpc) is 3.07. The molecule has 0 aliphatic carbocycles. The highest BCUT2D eigenvalue weighted by molar-refractivity contribution is 7.99. The molecule has 0 atom stereocenters. The van der Waals surface area contributed by atoms with Gasteiger partial charge >= 0.3 is 0 Å². The van der Waals surface area contributed by atoms with Crippen LogP contribution < -0.4 is 0 Å². The number of hydrogen-bond acceptors (Lipinski definition) is 1. The van der Waals surface area contributed by atoms with E-state index >= 15 is 0 Å². The molecule has 0 radical (unpaired) electrons. The molecule has 0 nitrogen and oxygen atoms in total. The van der Waals surface area contributed by atoms with Crippen molar-refractivity contribution >= 4 is 54.9 Å². The van der Waals surface area contributed by atoms with Crippen molar-refractivity contribution in [1.29, 1.82) is 0 Å². The minimum Gasteiger partial charge on any atom is -0.0894 e. The van der Waals surface area contributed by atoms with Gasteiger partial charge in [-0.15, -0.1) is 0 Å². The van der Waals surface area contributed by atoms with Crippen LogP contribution in [0.3, 0.4) is 0 Å². The van der Waals surface area contributed by atoms with Gasteiger partial charge in [-0.1, -0.05) is 145 Å². The van der Waals surface area contributed by atoms with Crippen LogP contribution >= 0.6 is 11.8 Å². The number of fused-ring (bicyclic) bond motifs is 9. The highest BCUT2D eigenvalue weighted by Gasteiger charge is 2.31. The summed E-state index contributed by atoms with van der Waals surface area (Å²) in [6, 6.07) is 56.2. The summed E-state index contributed by atoms with van der Waals surface area (Å²) in [6.45, 7) is 0. The lowest BCUT2D eigenvalue weighted by Gasteiger charge is -2.31. The van der Waals surface area contributed by atoms with Crippen LogP contribution in [-0.4, -0.2) is 0 Å². The molecule has 1 heteroatoms. The molecule has 42 heavy (non-hydrogen) atoms. The highest BCUT2D eigenvalue weighted by Crippen LogP contribution is 2.53. The standard InChI is InChI=1S/C41H26S/c1-5-13-32-26(9-1)21-23-37-40(32)39(41-33-14-6-2-10-27(33)22-24-38(41)42-37)29-19-17-28(18-20-29)36-25-30-11-3-4-12-31(30)34-15-7-8-16-35(34)36/h1-25,39H. The van der Waals surface area contributed by atoms with E-state index in [0.29, 0.717) is 0 Å². The zero-order chi connectivity index (χ0) is 27.6. The van der Waals surface area contributed by atoms with Gasteiger partial charge in [-0.05, 0) is 89.1 Å². The van der Waals surface area contributed by atoms with E-state index in [1.807, 2.05) is 11.8 Å². The Morgan fingerprint density at radius 3 is 1.50 bits per heavy atom. The maximum absolute atomic E-state index is 2.37. The minimum atomic E-state index is 0.149. The molecule has 0 amide bonds. The van der Waals surface area contributed by atoms with Crippen LogP contribution in [-0.2, 0) is 0 Å². The van der Waals surface area contributed by atoms with Gasteiger partial charge in [0, 0.05) is 15.7 Å². The normalized spacial score (nSPS) is 13.0. The van der Waals surface area contributed by atoms with E-state index in [1.54, 1.807) is 0 Å². The molecule has 9 rings (SSSR count). The molecule has 0 saturated carbocycles. The Bertz CT molecular complexity index is 2240. The Hall–Kier alpha value is -4.85. The van der Waals surface area contributed by atoms with Crippen LogP contribution in [0.2, 0.25) is 0 Å². The molecule has 0 saturated heterocycles. The van der Waals surface area contributed by atoms with Crippen LogP contribution in [0.15, 0.2) is 161 Å². The molecule has 0 aromatic heterocycles. The second-order valence-corrected chi connectivity index (χ2v) is 12.3. The monoisotopic (exact) mass is 550 g/mol. The molecule has 0 fully saturated rings. The first kappa shape index (κ1) is 23.8. The van der Waals surface area contributed by atoms with Crippen LogP contribution in [0, 0.1) is 0 Å². The second kappa shape index (κ2) is 9.34. The van der Waals surface area contributed by atoms with Crippen molar-refractivity contribution in [3.63, 3.8) is 0 Å². The average molecular weight is 551 g/mol. The molecule has 0 unspecified atom stereocenters. The molecule has 8 aromatic rings. The maximum Gasteiger partial charge on any atom is 0.0374 e. The first-order valence-corrected chi connectivity index (χ1v) is 15.4. The molecule has 196 valence electrons. The molecule has 8 aromatic carbocycles. The van der Waals surface area contributed by atoms with Crippen molar-refractivity contribution in [1.82, 2.24) is 0 Å². The Balaban J connectivity index is 1.28. The molecule has 1 aliphatic heterocycles. The molecule has 0 spiro atoms. The van der Waals surface area contributed by atoms with E-state index in [-0.39, 0.29) is 5.92 Å². The predicted molar refractivity (Wildman–Crippen MR) is 180 cm³/mol. The molecular formula is C41H26S. The fourth-order valence-electron chi connectivity index (χ4n) is 7.07. The van der Waals surface area contributed by atoms with Crippen molar-refractivity contribution in [2.75, 3.05) is 0 Å². The first-order chi connectivity index (χ1) is 20.8. The summed E-state index contributed by atoms with van der Waals surface area (Å²) in [6.07, 6.45) is 0.